The van der Waals surface area contributed by atoms with E-state index < -0.39 is 6.10 Å². The van der Waals surface area contributed by atoms with Gasteiger partial charge in [-0.05, 0) is 12.1 Å². The zero-order chi connectivity index (χ0) is 12.0. The second-order valence-corrected chi connectivity index (χ2v) is 4.03. The average molecular weight is 225 g/mol. The van der Waals surface area contributed by atoms with Crippen LogP contribution in [0.3, 0.4) is 0 Å². The number of aliphatic hydroxyl groups is 1. The maximum Gasteiger partial charge on any atom is 0.123 e. The molecule has 1 unspecified atom stereocenters. The first-order valence-electron chi connectivity index (χ1n) is 5.41. The molecule has 90 valence electrons. The minimum atomic E-state index is -0.551. The predicted octanol–water partition coefficient (Wildman–Crippen LogP) is 1.13. The molecule has 0 aliphatic rings. The molecule has 0 fully saturated rings. The standard InChI is InChI=1S/C12H19NO3/c1-9(2)13-7-11(15)8-16-12-5-3-4-10(14)6-12/h3-6,9,11,13-15H,7-8H2,1-2H3. The molecule has 3 N–H and O–H groups in total. The number of phenolic OH excluding ortho intramolecular Hbond substituents is 1. The zero-order valence-corrected chi connectivity index (χ0v) is 9.68. The van der Waals surface area contributed by atoms with Crippen LogP contribution in [0.15, 0.2) is 24.3 Å². The molecule has 0 amide bonds. The van der Waals surface area contributed by atoms with Gasteiger partial charge >= 0.3 is 0 Å². The monoisotopic (exact) mass is 225 g/mol. The summed E-state index contributed by atoms with van der Waals surface area (Å²) in [5, 5.41) is 21.9. The van der Waals surface area contributed by atoms with Gasteiger partial charge in [-0.3, -0.25) is 0 Å². The summed E-state index contributed by atoms with van der Waals surface area (Å²) in [6, 6.07) is 6.87. The van der Waals surface area contributed by atoms with Gasteiger partial charge in [0.25, 0.3) is 0 Å². The first-order chi connectivity index (χ1) is 7.58. The van der Waals surface area contributed by atoms with Crippen LogP contribution >= 0.6 is 0 Å². The fraction of sp³-hybridized carbons (Fsp3) is 0.500. The van der Waals surface area contributed by atoms with Gasteiger partial charge in [0.2, 0.25) is 0 Å². The van der Waals surface area contributed by atoms with E-state index in [1.165, 1.54) is 6.07 Å². The lowest BCUT2D eigenvalue weighted by molar-refractivity contribution is 0.104. The Bertz CT molecular complexity index is 315. The maximum absolute atomic E-state index is 9.58. The van der Waals surface area contributed by atoms with Crippen LogP contribution in [0.5, 0.6) is 11.5 Å². The molecule has 0 saturated heterocycles. The number of rotatable bonds is 6. The third-order valence-corrected chi connectivity index (χ3v) is 2.02. The van der Waals surface area contributed by atoms with E-state index in [2.05, 4.69) is 5.32 Å². The zero-order valence-electron chi connectivity index (χ0n) is 9.68. The van der Waals surface area contributed by atoms with Gasteiger partial charge < -0.3 is 20.3 Å². The van der Waals surface area contributed by atoms with Crippen molar-refractivity contribution in [2.75, 3.05) is 13.2 Å². The first-order valence-corrected chi connectivity index (χ1v) is 5.41. The number of aromatic hydroxyl groups is 1. The summed E-state index contributed by atoms with van der Waals surface area (Å²) >= 11 is 0. The smallest absolute Gasteiger partial charge is 0.123 e. The molecule has 1 aromatic carbocycles. The van der Waals surface area contributed by atoms with Crippen LogP contribution in [-0.2, 0) is 0 Å². The van der Waals surface area contributed by atoms with Crippen molar-refractivity contribution in [3.63, 3.8) is 0 Å². The molecule has 4 nitrogen and oxygen atoms in total. The van der Waals surface area contributed by atoms with Crippen LogP contribution in [0, 0.1) is 0 Å². The molecule has 0 heterocycles. The highest BCUT2D eigenvalue weighted by Gasteiger charge is 2.05. The third kappa shape index (κ3) is 5.00. The molecule has 1 aromatic rings. The number of benzene rings is 1. The van der Waals surface area contributed by atoms with Gasteiger partial charge in [0.05, 0.1) is 0 Å². The third-order valence-electron chi connectivity index (χ3n) is 2.02. The second kappa shape index (κ2) is 6.35. The molecule has 1 atom stereocenters. The van der Waals surface area contributed by atoms with Crippen molar-refractivity contribution in [1.82, 2.24) is 5.32 Å². The quantitative estimate of drug-likeness (QED) is 0.679. The Morgan fingerprint density at radius 2 is 2.12 bits per heavy atom. The molecule has 0 bridgehead atoms. The predicted molar refractivity (Wildman–Crippen MR) is 62.7 cm³/mol. The molecule has 0 aromatic heterocycles. The number of phenols is 1. The van der Waals surface area contributed by atoms with Gasteiger partial charge in [0.1, 0.15) is 24.2 Å². The molecule has 0 radical (unpaired) electrons. The molecule has 4 heteroatoms. The normalized spacial score (nSPS) is 12.8. The topological polar surface area (TPSA) is 61.7 Å². The largest absolute Gasteiger partial charge is 0.508 e. The van der Waals surface area contributed by atoms with Crippen LogP contribution in [-0.4, -0.2) is 35.5 Å². The van der Waals surface area contributed by atoms with Crippen LogP contribution in [0.25, 0.3) is 0 Å². The summed E-state index contributed by atoms with van der Waals surface area (Å²) in [6.45, 7) is 4.74. The lowest BCUT2D eigenvalue weighted by Gasteiger charge is -2.14. The highest BCUT2D eigenvalue weighted by molar-refractivity contribution is 5.31. The number of ether oxygens (including phenoxy) is 1. The number of aliphatic hydroxyl groups excluding tert-OH is 1. The van der Waals surface area contributed by atoms with Crippen molar-refractivity contribution >= 4 is 0 Å². The van der Waals surface area contributed by atoms with Gasteiger partial charge in [-0.2, -0.15) is 0 Å². The van der Waals surface area contributed by atoms with Gasteiger partial charge in [0.15, 0.2) is 0 Å². The van der Waals surface area contributed by atoms with E-state index in [9.17, 15) is 10.2 Å². The lowest BCUT2D eigenvalue weighted by atomic mass is 10.3. The van der Waals surface area contributed by atoms with Crippen molar-refractivity contribution in [1.29, 1.82) is 0 Å². The van der Waals surface area contributed by atoms with Gasteiger partial charge in [0, 0.05) is 18.7 Å². The fourth-order valence-electron chi connectivity index (χ4n) is 1.20. The Morgan fingerprint density at radius 3 is 2.75 bits per heavy atom. The van der Waals surface area contributed by atoms with Crippen LogP contribution in [0.1, 0.15) is 13.8 Å². The van der Waals surface area contributed by atoms with Crippen molar-refractivity contribution < 1.29 is 14.9 Å². The summed E-state index contributed by atoms with van der Waals surface area (Å²) in [6.07, 6.45) is -0.551. The molecule has 0 saturated carbocycles. The number of hydrogen-bond donors (Lipinski definition) is 3. The number of nitrogens with one attached hydrogen (secondary N) is 1. The van der Waals surface area contributed by atoms with Crippen LogP contribution < -0.4 is 10.1 Å². The Hall–Kier alpha value is -1.26. The first kappa shape index (κ1) is 12.8. The summed E-state index contributed by atoms with van der Waals surface area (Å²) < 4.78 is 5.33. The Labute approximate surface area is 95.9 Å². The highest BCUT2D eigenvalue weighted by Crippen LogP contribution is 2.17. The Kier molecular flexibility index (Phi) is 5.08. The van der Waals surface area contributed by atoms with Crippen molar-refractivity contribution in [2.45, 2.75) is 26.0 Å². The molecule has 1 rings (SSSR count). The summed E-state index contributed by atoms with van der Waals surface area (Å²) in [7, 11) is 0. The Morgan fingerprint density at radius 1 is 1.38 bits per heavy atom. The molecule has 0 aliphatic heterocycles. The van der Waals surface area contributed by atoms with Crippen molar-refractivity contribution in [3.05, 3.63) is 24.3 Å². The van der Waals surface area contributed by atoms with E-state index in [-0.39, 0.29) is 12.4 Å². The number of hydrogen-bond acceptors (Lipinski definition) is 4. The molecule has 0 spiro atoms. The van der Waals surface area contributed by atoms with Crippen LogP contribution in [0.4, 0.5) is 0 Å². The van der Waals surface area contributed by atoms with Crippen molar-refractivity contribution in [2.24, 2.45) is 0 Å². The lowest BCUT2D eigenvalue weighted by Crippen LogP contribution is -2.35. The van der Waals surface area contributed by atoms with E-state index in [1.807, 2.05) is 13.8 Å². The summed E-state index contributed by atoms with van der Waals surface area (Å²) in [4.78, 5) is 0. The van der Waals surface area contributed by atoms with E-state index in [0.29, 0.717) is 18.3 Å². The van der Waals surface area contributed by atoms with E-state index >= 15 is 0 Å². The fourth-order valence-corrected chi connectivity index (χ4v) is 1.20. The minimum Gasteiger partial charge on any atom is -0.508 e. The molecular formula is C12H19NO3. The maximum atomic E-state index is 9.58. The van der Waals surface area contributed by atoms with E-state index in [4.69, 9.17) is 4.74 Å². The highest BCUT2D eigenvalue weighted by atomic mass is 16.5. The molecular weight excluding hydrogens is 206 g/mol. The SMILES string of the molecule is CC(C)NCC(O)COc1cccc(O)c1. The molecule has 16 heavy (non-hydrogen) atoms. The van der Waals surface area contributed by atoms with Crippen LogP contribution in [0.2, 0.25) is 0 Å². The second-order valence-electron chi connectivity index (χ2n) is 4.03. The molecule has 0 aliphatic carbocycles. The summed E-state index contributed by atoms with van der Waals surface area (Å²) in [5.41, 5.74) is 0. The van der Waals surface area contributed by atoms with Gasteiger partial charge in [-0.25, -0.2) is 0 Å². The summed E-state index contributed by atoms with van der Waals surface area (Å²) in [5.74, 6) is 0.718. The minimum absolute atomic E-state index is 0.160. The average Bonchev–Trinajstić information content (AvgIpc) is 2.23. The van der Waals surface area contributed by atoms with Crippen molar-refractivity contribution in [3.8, 4) is 11.5 Å². The van der Waals surface area contributed by atoms with Gasteiger partial charge in [-0.1, -0.05) is 19.9 Å². The van der Waals surface area contributed by atoms with E-state index in [0.717, 1.165) is 0 Å². The van der Waals surface area contributed by atoms with Gasteiger partial charge in [-0.15, -0.1) is 0 Å². The Balaban J connectivity index is 2.28. The van der Waals surface area contributed by atoms with E-state index in [1.54, 1.807) is 18.2 Å².